The zero-order chi connectivity index (χ0) is 14.6. The summed E-state index contributed by atoms with van der Waals surface area (Å²) >= 11 is 0. The summed E-state index contributed by atoms with van der Waals surface area (Å²) in [5.41, 5.74) is 0. The lowest BCUT2D eigenvalue weighted by Gasteiger charge is -2.31. The van der Waals surface area contributed by atoms with Crippen LogP contribution >= 0.6 is 0 Å². The molecule has 0 amide bonds. The van der Waals surface area contributed by atoms with Crippen LogP contribution in [0.2, 0.25) is 0 Å². The Hall–Kier alpha value is -0.160. The third-order valence-corrected chi connectivity index (χ3v) is 4.14. The second-order valence-corrected chi connectivity index (χ2v) is 6.22. The average molecular weight is 285 g/mol. The molecule has 0 aliphatic carbocycles. The maximum atomic E-state index is 5.53. The molecule has 0 aromatic carbocycles. The zero-order valence-electron chi connectivity index (χ0n) is 13.9. The van der Waals surface area contributed by atoms with E-state index in [1.165, 1.54) is 45.3 Å². The Labute approximate surface area is 125 Å². The summed E-state index contributed by atoms with van der Waals surface area (Å²) in [6.07, 6.45) is 5.12. The van der Waals surface area contributed by atoms with Crippen LogP contribution in [0.15, 0.2) is 0 Å². The second-order valence-electron chi connectivity index (χ2n) is 6.22. The molecule has 1 N–H and O–H groups in total. The second kappa shape index (κ2) is 11.5. The molecule has 0 atom stereocenters. The SMILES string of the molecule is CCCCOCCNCCN(C)CC1CCN(C)CC1. The normalized spacial score (nSPS) is 18.0. The van der Waals surface area contributed by atoms with E-state index in [0.29, 0.717) is 0 Å². The van der Waals surface area contributed by atoms with Gasteiger partial charge in [-0.3, -0.25) is 0 Å². The summed E-state index contributed by atoms with van der Waals surface area (Å²) in [4.78, 5) is 4.91. The highest BCUT2D eigenvalue weighted by atomic mass is 16.5. The number of hydrogen-bond acceptors (Lipinski definition) is 4. The van der Waals surface area contributed by atoms with Crippen molar-refractivity contribution in [1.29, 1.82) is 0 Å². The lowest BCUT2D eigenvalue weighted by Crippen LogP contribution is -2.38. The summed E-state index contributed by atoms with van der Waals surface area (Å²) in [6.45, 7) is 10.9. The molecule has 1 fully saturated rings. The molecule has 1 aliphatic heterocycles. The van der Waals surface area contributed by atoms with Gasteiger partial charge in [-0.25, -0.2) is 0 Å². The van der Waals surface area contributed by atoms with E-state index in [4.69, 9.17) is 4.74 Å². The van der Waals surface area contributed by atoms with Crippen molar-refractivity contribution in [2.24, 2.45) is 5.92 Å². The number of likely N-dealkylation sites (N-methyl/N-ethyl adjacent to an activating group) is 1. The molecule has 1 saturated heterocycles. The van der Waals surface area contributed by atoms with E-state index in [0.717, 1.165) is 38.8 Å². The van der Waals surface area contributed by atoms with Gasteiger partial charge in [0.15, 0.2) is 0 Å². The fourth-order valence-electron chi connectivity index (χ4n) is 2.66. The van der Waals surface area contributed by atoms with E-state index in [2.05, 4.69) is 36.1 Å². The summed E-state index contributed by atoms with van der Waals surface area (Å²) in [6, 6.07) is 0. The van der Waals surface area contributed by atoms with Gasteiger partial charge in [-0.2, -0.15) is 0 Å². The van der Waals surface area contributed by atoms with Crippen molar-refractivity contribution < 1.29 is 4.74 Å². The fraction of sp³-hybridized carbons (Fsp3) is 1.00. The third-order valence-electron chi connectivity index (χ3n) is 4.14. The summed E-state index contributed by atoms with van der Waals surface area (Å²) in [5.74, 6) is 0.897. The van der Waals surface area contributed by atoms with Gasteiger partial charge in [-0.05, 0) is 52.4 Å². The first kappa shape index (κ1) is 17.9. The van der Waals surface area contributed by atoms with Crippen LogP contribution in [-0.2, 0) is 4.74 Å². The number of likely N-dealkylation sites (tertiary alicyclic amines) is 1. The maximum Gasteiger partial charge on any atom is 0.0590 e. The molecule has 20 heavy (non-hydrogen) atoms. The minimum atomic E-state index is 0.846. The number of piperidine rings is 1. The number of ether oxygens (including phenoxy) is 1. The van der Waals surface area contributed by atoms with Crippen LogP contribution in [0.5, 0.6) is 0 Å². The molecule has 0 aromatic rings. The van der Waals surface area contributed by atoms with Gasteiger partial charge >= 0.3 is 0 Å². The topological polar surface area (TPSA) is 27.7 Å². The Kier molecular flexibility index (Phi) is 10.3. The van der Waals surface area contributed by atoms with Crippen molar-refractivity contribution in [3.8, 4) is 0 Å². The van der Waals surface area contributed by atoms with Crippen molar-refractivity contribution in [3.05, 3.63) is 0 Å². The highest BCUT2D eigenvalue weighted by Gasteiger charge is 2.17. The molecule has 0 bridgehead atoms. The first-order chi connectivity index (χ1) is 9.72. The van der Waals surface area contributed by atoms with Gasteiger partial charge in [-0.1, -0.05) is 13.3 Å². The Morgan fingerprint density at radius 3 is 2.65 bits per heavy atom. The number of hydrogen-bond donors (Lipinski definition) is 1. The first-order valence-corrected chi connectivity index (χ1v) is 8.38. The molecule has 120 valence electrons. The largest absolute Gasteiger partial charge is 0.380 e. The molecule has 1 rings (SSSR count). The lowest BCUT2D eigenvalue weighted by molar-refractivity contribution is 0.132. The molecule has 4 nitrogen and oxygen atoms in total. The van der Waals surface area contributed by atoms with Crippen molar-refractivity contribution in [2.75, 3.05) is 66.6 Å². The van der Waals surface area contributed by atoms with Crippen LogP contribution in [0, 0.1) is 5.92 Å². The molecule has 4 heteroatoms. The smallest absolute Gasteiger partial charge is 0.0590 e. The van der Waals surface area contributed by atoms with Gasteiger partial charge in [0, 0.05) is 32.8 Å². The standard InChI is InChI=1S/C16H35N3O/c1-4-5-13-20-14-9-17-8-12-19(3)15-16-6-10-18(2)11-7-16/h16-17H,4-15H2,1-3H3. The van der Waals surface area contributed by atoms with Crippen LogP contribution in [0.25, 0.3) is 0 Å². The Bertz CT molecular complexity index is 218. The molecule has 0 spiro atoms. The van der Waals surface area contributed by atoms with Gasteiger partial charge < -0.3 is 19.9 Å². The first-order valence-electron chi connectivity index (χ1n) is 8.38. The molecular formula is C16H35N3O. The molecule has 1 aliphatic rings. The van der Waals surface area contributed by atoms with Gasteiger partial charge in [0.2, 0.25) is 0 Å². The van der Waals surface area contributed by atoms with E-state index in [9.17, 15) is 0 Å². The minimum absolute atomic E-state index is 0.846. The number of rotatable bonds is 11. The average Bonchev–Trinajstić information content (AvgIpc) is 2.44. The molecule has 1 heterocycles. The van der Waals surface area contributed by atoms with Gasteiger partial charge in [-0.15, -0.1) is 0 Å². The number of nitrogens with one attached hydrogen (secondary N) is 1. The van der Waals surface area contributed by atoms with Crippen molar-refractivity contribution in [3.63, 3.8) is 0 Å². The van der Waals surface area contributed by atoms with E-state index < -0.39 is 0 Å². The van der Waals surface area contributed by atoms with E-state index in [1.54, 1.807) is 0 Å². The minimum Gasteiger partial charge on any atom is -0.380 e. The summed E-state index contributed by atoms with van der Waals surface area (Å²) < 4.78 is 5.53. The highest BCUT2D eigenvalue weighted by Crippen LogP contribution is 2.16. The van der Waals surface area contributed by atoms with Gasteiger partial charge in [0.05, 0.1) is 6.61 Å². The van der Waals surface area contributed by atoms with Crippen LogP contribution in [0.3, 0.4) is 0 Å². The van der Waals surface area contributed by atoms with Crippen molar-refractivity contribution in [2.45, 2.75) is 32.6 Å². The third kappa shape index (κ3) is 8.90. The zero-order valence-corrected chi connectivity index (χ0v) is 13.9. The van der Waals surface area contributed by atoms with Crippen molar-refractivity contribution >= 4 is 0 Å². The maximum absolute atomic E-state index is 5.53. The predicted octanol–water partition coefficient (Wildman–Crippen LogP) is 1.67. The van der Waals surface area contributed by atoms with Gasteiger partial charge in [0.25, 0.3) is 0 Å². The molecule has 0 aromatic heterocycles. The van der Waals surface area contributed by atoms with Crippen molar-refractivity contribution in [1.82, 2.24) is 15.1 Å². The Morgan fingerprint density at radius 1 is 1.20 bits per heavy atom. The molecule has 0 unspecified atom stereocenters. The predicted molar refractivity (Wildman–Crippen MR) is 86.3 cm³/mol. The molecule has 0 radical (unpaired) electrons. The van der Waals surface area contributed by atoms with Crippen LogP contribution < -0.4 is 5.32 Å². The number of nitrogens with zero attached hydrogens (tertiary/aromatic N) is 2. The molecular weight excluding hydrogens is 250 g/mol. The lowest BCUT2D eigenvalue weighted by atomic mass is 9.97. The van der Waals surface area contributed by atoms with E-state index in [1.807, 2.05) is 0 Å². The van der Waals surface area contributed by atoms with Crippen LogP contribution in [0.4, 0.5) is 0 Å². The monoisotopic (exact) mass is 285 g/mol. The number of unbranched alkanes of at least 4 members (excludes halogenated alkanes) is 1. The van der Waals surface area contributed by atoms with Gasteiger partial charge in [0.1, 0.15) is 0 Å². The summed E-state index contributed by atoms with van der Waals surface area (Å²) in [5, 5.41) is 3.46. The van der Waals surface area contributed by atoms with E-state index >= 15 is 0 Å². The molecule has 0 saturated carbocycles. The summed E-state index contributed by atoms with van der Waals surface area (Å²) in [7, 11) is 4.48. The highest BCUT2D eigenvalue weighted by molar-refractivity contribution is 4.72. The van der Waals surface area contributed by atoms with E-state index in [-0.39, 0.29) is 0 Å². The Morgan fingerprint density at radius 2 is 1.95 bits per heavy atom. The van der Waals surface area contributed by atoms with Crippen LogP contribution in [-0.4, -0.2) is 76.4 Å². The quantitative estimate of drug-likeness (QED) is 0.584. The Balaban J connectivity index is 1.88. The van der Waals surface area contributed by atoms with Crippen LogP contribution in [0.1, 0.15) is 32.6 Å². The fourth-order valence-corrected chi connectivity index (χ4v) is 2.66.